The largest absolute Gasteiger partial charge is 0.227 e. The van der Waals surface area contributed by atoms with Crippen molar-refractivity contribution < 1.29 is 0 Å². The molecule has 248 valence electrons. The summed E-state index contributed by atoms with van der Waals surface area (Å²) in [6.45, 7) is 0. The molecule has 10 aromatic rings. The first-order chi connectivity index (χ1) is 26.2. The van der Waals surface area contributed by atoms with Gasteiger partial charge in [-0.15, -0.1) is 11.3 Å². The zero-order valence-corrected chi connectivity index (χ0v) is 29.6. The van der Waals surface area contributed by atoms with Crippen molar-refractivity contribution in [1.82, 2.24) is 9.97 Å². The molecule has 0 spiro atoms. The highest BCUT2D eigenvalue weighted by Gasteiger charge is 2.19. The number of rotatable bonds is 6. The van der Waals surface area contributed by atoms with Gasteiger partial charge in [0.25, 0.3) is 0 Å². The van der Waals surface area contributed by atoms with Gasteiger partial charge in [0.15, 0.2) is 5.82 Å². The van der Waals surface area contributed by atoms with E-state index in [4.69, 9.17) is 9.97 Å². The molecule has 8 aromatic carbocycles. The van der Waals surface area contributed by atoms with Crippen molar-refractivity contribution in [1.29, 1.82) is 0 Å². The third kappa shape index (κ3) is 5.78. The zero-order chi connectivity index (χ0) is 35.1. The quantitative estimate of drug-likeness (QED) is 0.173. The lowest BCUT2D eigenvalue weighted by atomic mass is 9.96. The molecule has 0 atom stereocenters. The van der Waals surface area contributed by atoms with E-state index in [1.54, 1.807) is 11.3 Å². The first kappa shape index (κ1) is 31.1. The van der Waals surface area contributed by atoms with Gasteiger partial charge in [0, 0.05) is 26.6 Å². The Kier molecular flexibility index (Phi) is 7.71. The highest BCUT2D eigenvalue weighted by atomic mass is 32.1. The predicted octanol–water partition coefficient (Wildman–Crippen LogP) is 14.0. The van der Waals surface area contributed by atoms with Gasteiger partial charge in [0.05, 0.1) is 5.69 Å². The van der Waals surface area contributed by atoms with Gasteiger partial charge in [-0.05, 0) is 79.5 Å². The van der Waals surface area contributed by atoms with E-state index in [1.807, 2.05) is 0 Å². The maximum Gasteiger partial charge on any atom is 0.161 e. The fourth-order valence-electron chi connectivity index (χ4n) is 7.44. The minimum Gasteiger partial charge on any atom is -0.227 e. The molecule has 0 saturated carbocycles. The Morgan fingerprint density at radius 1 is 0.321 bits per heavy atom. The van der Waals surface area contributed by atoms with Crippen LogP contribution in [0.4, 0.5) is 0 Å². The molecule has 0 unspecified atom stereocenters. The molecule has 0 bridgehead atoms. The molecule has 2 aromatic heterocycles. The van der Waals surface area contributed by atoms with Gasteiger partial charge < -0.3 is 0 Å². The lowest BCUT2D eigenvalue weighted by Crippen LogP contribution is -1.94. The summed E-state index contributed by atoms with van der Waals surface area (Å²) in [7, 11) is 0. The van der Waals surface area contributed by atoms with Crippen molar-refractivity contribution in [3.63, 3.8) is 0 Å². The molecular formula is C50H32N2S. The average Bonchev–Trinajstić information content (AvgIpc) is 3.63. The van der Waals surface area contributed by atoms with Crippen LogP contribution in [0.25, 0.3) is 98.2 Å². The first-order valence-electron chi connectivity index (χ1n) is 17.9. The summed E-state index contributed by atoms with van der Waals surface area (Å²) in [4.78, 5) is 11.7. The van der Waals surface area contributed by atoms with Crippen molar-refractivity contribution in [2.45, 2.75) is 0 Å². The van der Waals surface area contributed by atoms with Crippen LogP contribution in [0.3, 0.4) is 0 Å². The van der Waals surface area contributed by atoms with Gasteiger partial charge in [0.1, 0.15) is 4.83 Å². The number of aromatic nitrogens is 2. The molecule has 3 heteroatoms. The molecule has 0 radical (unpaired) electrons. The van der Waals surface area contributed by atoms with Crippen LogP contribution in [0.15, 0.2) is 194 Å². The fourth-order valence-corrected chi connectivity index (χ4v) is 8.65. The molecule has 0 amide bonds. The number of hydrogen-bond donors (Lipinski definition) is 0. The van der Waals surface area contributed by atoms with Crippen LogP contribution in [-0.2, 0) is 0 Å². The third-order valence-corrected chi connectivity index (χ3v) is 11.2. The molecule has 10 rings (SSSR count). The van der Waals surface area contributed by atoms with Gasteiger partial charge in [-0.1, -0.05) is 170 Å². The van der Waals surface area contributed by atoms with E-state index in [1.165, 1.54) is 48.7 Å². The van der Waals surface area contributed by atoms with E-state index in [-0.39, 0.29) is 0 Å². The van der Waals surface area contributed by atoms with Gasteiger partial charge in [0.2, 0.25) is 0 Å². The maximum absolute atomic E-state index is 5.44. The monoisotopic (exact) mass is 692 g/mol. The lowest BCUT2D eigenvalue weighted by Gasteiger charge is -2.11. The smallest absolute Gasteiger partial charge is 0.161 e. The van der Waals surface area contributed by atoms with Crippen molar-refractivity contribution in [3.8, 4) is 67.2 Å². The molecule has 53 heavy (non-hydrogen) atoms. The van der Waals surface area contributed by atoms with Crippen LogP contribution in [0.2, 0.25) is 0 Å². The molecule has 0 fully saturated rings. The molecule has 0 N–H and O–H groups in total. The topological polar surface area (TPSA) is 25.8 Å². The molecule has 2 heterocycles. The normalized spacial score (nSPS) is 11.4. The predicted molar refractivity (Wildman–Crippen MR) is 225 cm³/mol. The van der Waals surface area contributed by atoms with E-state index >= 15 is 0 Å². The van der Waals surface area contributed by atoms with Gasteiger partial charge in [-0.3, -0.25) is 0 Å². The SMILES string of the molecule is c1ccc(-c2cccc(-c3cccc(-c4nc(-c5cccc(-c6cccc(-c7ccccc7)c6)c5)c5c(n4)sc4c6ccccc6ccc45)c3)c2)cc1. The summed E-state index contributed by atoms with van der Waals surface area (Å²) in [6.07, 6.45) is 0. The van der Waals surface area contributed by atoms with Gasteiger partial charge in [-0.25, -0.2) is 9.97 Å². The standard InChI is InChI=1S/C50H32N2S/c1-3-13-33(14-4-1)36-18-9-20-38(29-36)40-22-11-24-42(31-40)47-46-45-28-27-35-17-7-8-26-44(35)48(45)53-50(46)52-49(51-47)43-25-12-23-41(32-43)39-21-10-19-37(30-39)34-15-5-2-6-16-34/h1-32H. The number of nitrogens with zero attached hydrogens (tertiary/aromatic N) is 2. The van der Waals surface area contributed by atoms with Crippen LogP contribution in [0.1, 0.15) is 0 Å². The van der Waals surface area contributed by atoms with Crippen LogP contribution < -0.4 is 0 Å². The van der Waals surface area contributed by atoms with Crippen LogP contribution in [-0.4, -0.2) is 9.97 Å². The van der Waals surface area contributed by atoms with Crippen LogP contribution in [0.5, 0.6) is 0 Å². The minimum absolute atomic E-state index is 0.723. The summed E-state index contributed by atoms with van der Waals surface area (Å²) < 4.78 is 1.24. The minimum atomic E-state index is 0.723. The Morgan fingerprint density at radius 3 is 1.38 bits per heavy atom. The molecule has 2 nitrogen and oxygen atoms in total. The Morgan fingerprint density at radius 2 is 0.774 bits per heavy atom. The summed E-state index contributed by atoms with van der Waals surface area (Å²) in [5.74, 6) is 0.723. The lowest BCUT2D eigenvalue weighted by molar-refractivity contribution is 1.24. The van der Waals surface area contributed by atoms with Crippen LogP contribution >= 0.6 is 11.3 Å². The highest BCUT2D eigenvalue weighted by Crippen LogP contribution is 2.43. The number of benzene rings is 8. The molecular weight excluding hydrogens is 661 g/mol. The van der Waals surface area contributed by atoms with E-state index in [0.29, 0.717) is 0 Å². The van der Waals surface area contributed by atoms with Crippen LogP contribution in [0, 0.1) is 0 Å². The molecule has 0 aliphatic rings. The molecule has 0 aliphatic carbocycles. The summed E-state index contributed by atoms with van der Waals surface area (Å²) >= 11 is 1.76. The van der Waals surface area contributed by atoms with E-state index in [2.05, 4.69) is 194 Å². The highest BCUT2D eigenvalue weighted by molar-refractivity contribution is 7.26. The molecule has 0 aliphatic heterocycles. The Balaban J connectivity index is 1.14. The summed E-state index contributed by atoms with van der Waals surface area (Å²) in [5.41, 5.74) is 12.4. The number of hydrogen-bond acceptors (Lipinski definition) is 3. The fraction of sp³-hybridized carbons (Fsp3) is 0. The second-order valence-electron chi connectivity index (χ2n) is 13.4. The Bertz CT molecular complexity index is 2950. The van der Waals surface area contributed by atoms with Crippen molar-refractivity contribution in [2.24, 2.45) is 0 Å². The van der Waals surface area contributed by atoms with E-state index < -0.39 is 0 Å². The average molecular weight is 693 g/mol. The maximum atomic E-state index is 5.44. The summed E-state index contributed by atoms with van der Waals surface area (Å²) in [6, 6.07) is 69.2. The van der Waals surface area contributed by atoms with E-state index in [0.717, 1.165) is 49.6 Å². The van der Waals surface area contributed by atoms with Crippen molar-refractivity contribution in [3.05, 3.63) is 194 Å². The zero-order valence-electron chi connectivity index (χ0n) is 28.8. The van der Waals surface area contributed by atoms with Crippen molar-refractivity contribution >= 4 is 42.4 Å². The van der Waals surface area contributed by atoms with Gasteiger partial charge >= 0.3 is 0 Å². The first-order valence-corrected chi connectivity index (χ1v) is 18.7. The third-order valence-electron chi connectivity index (χ3n) is 10.1. The number of thiophene rings is 1. The summed E-state index contributed by atoms with van der Waals surface area (Å²) in [5, 5.41) is 4.76. The number of fused-ring (bicyclic) bond motifs is 5. The van der Waals surface area contributed by atoms with Crippen molar-refractivity contribution in [2.75, 3.05) is 0 Å². The second kappa shape index (κ2) is 13.1. The molecule has 0 saturated heterocycles. The second-order valence-corrected chi connectivity index (χ2v) is 14.4. The Hall–Kier alpha value is -6.68. The van der Waals surface area contributed by atoms with E-state index in [9.17, 15) is 0 Å². The Labute approximate surface area is 312 Å². The van der Waals surface area contributed by atoms with Gasteiger partial charge in [-0.2, -0.15) is 0 Å².